The minimum atomic E-state index is 0.0575. The normalized spacial score (nSPS) is 19.2. The quantitative estimate of drug-likeness (QED) is 0.576. The van der Waals surface area contributed by atoms with Crippen LogP contribution in [-0.4, -0.2) is 66.1 Å². The summed E-state index contributed by atoms with van der Waals surface area (Å²) in [4.78, 5) is 42.2. The van der Waals surface area contributed by atoms with E-state index in [9.17, 15) is 14.4 Å². The zero-order chi connectivity index (χ0) is 23.0. The summed E-state index contributed by atoms with van der Waals surface area (Å²) in [6.07, 6.45) is 5.04. The molecule has 7 nitrogen and oxygen atoms in total. The molecule has 2 fully saturated rings. The number of ketones is 1. The third-order valence-electron chi connectivity index (χ3n) is 6.02. The molecule has 1 aromatic heterocycles. The Morgan fingerprint density at radius 3 is 2.32 bits per heavy atom. The van der Waals surface area contributed by atoms with E-state index in [2.05, 4.69) is 10.3 Å². The van der Waals surface area contributed by atoms with Gasteiger partial charge >= 0.3 is 0 Å². The molecular weight excluding hydrogens is 392 g/mol. The molecule has 0 aromatic carbocycles. The number of nitrogens with zero attached hydrogens (tertiary/aromatic N) is 3. The fraction of sp³-hybridized carbons (Fsp3) is 0.583. The van der Waals surface area contributed by atoms with E-state index in [0.29, 0.717) is 6.54 Å². The second kappa shape index (κ2) is 11.6. The average molecular weight is 429 g/mol. The van der Waals surface area contributed by atoms with Gasteiger partial charge in [0.2, 0.25) is 12.3 Å². The van der Waals surface area contributed by atoms with Crippen molar-refractivity contribution in [2.75, 3.05) is 33.2 Å². The molecular formula is C24H36N4O3. The number of carbonyl (C=O) groups excluding carboxylic acids is 3. The Labute approximate surface area is 185 Å². The predicted octanol–water partition coefficient (Wildman–Crippen LogP) is 2.72. The summed E-state index contributed by atoms with van der Waals surface area (Å²) >= 11 is 0. The Hall–Kier alpha value is -2.70. The number of hydrogen-bond donors (Lipinski definition) is 1. The molecule has 3 heterocycles. The van der Waals surface area contributed by atoms with Crippen LogP contribution in [0.3, 0.4) is 0 Å². The van der Waals surface area contributed by atoms with E-state index in [1.807, 2.05) is 44.9 Å². The molecule has 7 heteroatoms. The first-order valence-corrected chi connectivity index (χ1v) is 11.1. The summed E-state index contributed by atoms with van der Waals surface area (Å²) in [6.45, 7) is 10.6. The van der Waals surface area contributed by atoms with Gasteiger partial charge in [-0.25, -0.2) is 0 Å². The number of carbonyl (C=O) groups is 3. The largest absolute Gasteiger partial charge is 0.387 e. The maximum atomic E-state index is 12.0. The first-order chi connectivity index (χ1) is 14.8. The Kier molecular flexibility index (Phi) is 9.21. The highest BCUT2D eigenvalue weighted by Gasteiger charge is 2.29. The lowest BCUT2D eigenvalue weighted by Gasteiger charge is -2.31. The summed E-state index contributed by atoms with van der Waals surface area (Å²) < 4.78 is 0. The molecule has 3 rings (SSSR count). The van der Waals surface area contributed by atoms with Crippen LogP contribution in [0.5, 0.6) is 0 Å². The van der Waals surface area contributed by atoms with Gasteiger partial charge in [-0.1, -0.05) is 0 Å². The van der Waals surface area contributed by atoms with Crippen LogP contribution in [-0.2, 0) is 14.4 Å². The molecule has 0 spiro atoms. The predicted molar refractivity (Wildman–Crippen MR) is 122 cm³/mol. The number of Topliss-reactive ketones (excluding diaryl/α,β-unsaturated/α-hetero) is 1. The topological polar surface area (TPSA) is 82.6 Å². The number of rotatable bonds is 5. The van der Waals surface area contributed by atoms with Gasteiger partial charge in [0, 0.05) is 61.4 Å². The maximum absolute atomic E-state index is 12.0. The molecule has 1 aromatic rings. The standard InChI is InChI=1S/C13H18N2O.C11H18N2O2/c1-8-6-7-12(10(3)15-8)13(14-5)9(2)11(4)16;14-9-12-5-3-4-10(8-12)11(15)13-6-1-2-7-13/h6-7,14H,1-5H3;9-10H,1-8H2/b13-9-;. The molecule has 1 unspecified atom stereocenters. The highest BCUT2D eigenvalue weighted by atomic mass is 16.2. The monoisotopic (exact) mass is 428 g/mol. The van der Waals surface area contributed by atoms with Crippen molar-refractivity contribution < 1.29 is 14.4 Å². The number of nitrogens with one attached hydrogen (secondary N) is 1. The summed E-state index contributed by atoms with van der Waals surface area (Å²) in [5.41, 5.74) is 4.50. The minimum absolute atomic E-state index is 0.0575. The van der Waals surface area contributed by atoms with Crippen LogP contribution in [0, 0.1) is 19.8 Å². The minimum Gasteiger partial charge on any atom is -0.387 e. The number of aromatic nitrogens is 1. The van der Waals surface area contributed by atoms with Crippen molar-refractivity contribution in [3.63, 3.8) is 0 Å². The number of aryl methyl sites for hydroxylation is 2. The first-order valence-electron chi connectivity index (χ1n) is 11.1. The van der Waals surface area contributed by atoms with Gasteiger partial charge in [0.15, 0.2) is 5.78 Å². The Morgan fingerprint density at radius 1 is 1.10 bits per heavy atom. The molecule has 1 N–H and O–H groups in total. The van der Waals surface area contributed by atoms with E-state index < -0.39 is 0 Å². The van der Waals surface area contributed by atoms with Gasteiger partial charge in [-0.2, -0.15) is 0 Å². The van der Waals surface area contributed by atoms with Crippen LogP contribution in [0.1, 0.15) is 56.5 Å². The molecule has 170 valence electrons. The zero-order valence-corrected chi connectivity index (χ0v) is 19.5. The second-order valence-corrected chi connectivity index (χ2v) is 8.36. The first kappa shape index (κ1) is 24.6. The molecule has 0 radical (unpaired) electrons. The van der Waals surface area contributed by atoms with Crippen LogP contribution in [0.15, 0.2) is 17.7 Å². The SMILES string of the molecule is CN/C(=C(/C)C(C)=O)c1ccc(C)nc1C.O=CN1CCCC(C(=O)N2CCCC2)C1. The van der Waals surface area contributed by atoms with Crippen molar-refractivity contribution in [2.45, 2.75) is 53.4 Å². The van der Waals surface area contributed by atoms with Crippen LogP contribution >= 0.6 is 0 Å². The highest BCUT2D eigenvalue weighted by molar-refractivity contribution is 6.00. The lowest BCUT2D eigenvalue weighted by Crippen LogP contribution is -2.43. The van der Waals surface area contributed by atoms with Crippen molar-refractivity contribution in [1.82, 2.24) is 20.1 Å². The van der Waals surface area contributed by atoms with E-state index in [0.717, 1.165) is 79.9 Å². The second-order valence-electron chi connectivity index (χ2n) is 8.36. The number of allylic oxidation sites excluding steroid dienone is 1. The number of pyridine rings is 1. The average Bonchev–Trinajstić information content (AvgIpc) is 3.30. The van der Waals surface area contributed by atoms with E-state index in [-0.39, 0.29) is 17.6 Å². The molecule has 2 saturated heterocycles. The maximum Gasteiger partial charge on any atom is 0.227 e. The summed E-state index contributed by atoms with van der Waals surface area (Å²) in [5.74, 6) is 0.394. The fourth-order valence-electron chi connectivity index (χ4n) is 4.15. The zero-order valence-electron chi connectivity index (χ0n) is 19.5. The van der Waals surface area contributed by atoms with Gasteiger partial charge in [-0.3, -0.25) is 19.4 Å². The molecule has 2 aliphatic heterocycles. The smallest absolute Gasteiger partial charge is 0.227 e. The van der Waals surface area contributed by atoms with Gasteiger partial charge < -0.3 is 15.1 Å². The molecule has 0 saturated carbocycles. The third-order valence-corrected chi connectivity index (χ3v) is 6.02. The van der Waals surface area contributed by atoms with Crippen LogP contribution in [0.2, 0.25) is 0 Å². The van der Waals surface area contributed by atoms with Gasteiger partial charge in [-0.15, -0.1) is 0 Å². The molecule has 2 aliphatic rings. The van der Waals surface area contributed by atoms with Gasteiger partial charge in [0.05, 0.1) is 5.92 Å². The molecule has 0 aliphatic carbocycles. The van der Waals surface area contributed by atoms with Gasteiger partial charge in [-0.05, 0) is 65.5 Å². The van der Waals surface area contributed by atoms with Crippen molar-refractivity contribution in [2.24, 2.45) is 5.92 Å². The molecule has 0 bridgehead atoms. The van der Waals surface area contributed by atoms with E-state index in [1.54, 1.807) is 11.8 Å². The highest BCUT2D eigenvalue weighted by Crippen LogP contribution is 2.21. The van der Waals surface area contributed by atoms with Gasteiger partial charge in [0.25, 0.3) is 0 Å². The number of hydrogen-bond acceptors (Lipinski definition) is 5. The van der Waals surface area contributed by atoms with Crippen LogP contribution < -0.4 is 5.32 Å². The van der Waals surface area contributed by atoms with Crippen LogP contribution in [0.4, 0.5) is 0 Å². The van der Waals surface area contributed by atoms with Gasteiger partial charge in [0.1, 0.15) is 0 Å². The lowest BCUT2D eigenvalue weighted by atomic mass is 9.97. The summed E-state index contributed by atoms with van der Waals surface area (Å²) in [6, 6.07) is 3.95. The number of amides is 2. The lowest BCUT2D eigenvalue weighted by molar-refractivity contribution is -0.137. The van der Waals surface area contributed by atoms with Crippen molar-refractivity contribution >= 4 is 23.8 Å². The number of likely N-dealkylation sites (tertiary alicyclic amines) is 2. The fourth-order valence-corrected chi connectivity index (χ4v) is 4.15. The molecule has 31 heavy (non-hydrogen) atoms. The third kappa shape index (κ3) is 6.64. The molecule has 2 amide bonds. The van der Waals surface area contributed by atoms with Crippen molar-refractivity contribution in [1.29, 1.82) is 0 Å². The Morgan fingerprint density at radius 2 is 1.77 bits per heavy atom. The van der Waals surface area contributed by atoms with Crippen molar-refractivity contribution in [3.8, 4) is 0 Å². The van der Waals surface area contributed by atoms with Crippen molar-refractivity contribution in [3.05, 3.63) is 34.7 Å². The summed E-state index contributed by atoms with van der Waals surface area (Å²) in [5, 5.41) is 3.08. The number of piperidine rings is 1. The summed E-state index contributed by atoms with van der Waals surface area (Å²) in [7, 11) is 1.82. The Balaban J connectivity index is 0.000000220. The van der Waals surface area contributed by atoms with E-state index >= 15 is 0 Å². The van der Waals surface area contributed by atoms with E-state index in [4.69, 9.17) is 0 Å². The van der Waals surface area contributed by atoms with Crippen LogP contribution in [0.25, 0.3) is 5.70 Å². The van der Waals surface area contributed by atoms with E-state index in [1.165, 1.54) is 0 Å². The Bertz CT molecular complexity index is 828. The molecule has 1 atom stereocenters.